The molecule has 0 aromatic heterocycles. The fraction of sp³-hybridized carbons (Fsp3) is 0.100. The van der Waals surface area contributed by atoms with E-state index in [1.165, 1.54) is 0 Å². The summed E-state index contributed by atoms with van der Waals surface area (Å²) in [5.74, 6) is 0. The lowest BCUT2D eigenvalue weighted by Gasteiger charge is -2.11. The van der Waals surface area contributed by atoms with Crippen molar-refractivity contribution in [1.29, 1.82) is 0 Å². The smallest absolute Gasteiger partial charge is 0.0112 e. The van der Waals surface area contributed by atoms with Crippen LogP contribution in [-0.2, 0) is 0 Å². The lowest BCUT2D eigenvalue weighted by Crippen LogP contribution is -1.90. The van der Waals surface area contributed by atoms with Crippen molar-refractivity contribution >= 4 is 5.57 Å². The molecule has 1 aromatic carbocycles. The Kier molecular flexibility index (Phi) is 9.33. The molecule has 0 atom stereocenters. The molecule has 0 nitrogen and oxygen atoms in total. The van der Waals surface area contributed by atoms with Crippen LogP contribution in [0.1, 0.15) is 19.4 Å². The van der Waals surface area contributed by atoms with Crippen molar-refractivity contribution in [3.8, 4) is 0 Å². The van der Waals surface area contributed by atoms with Gasteiger partial charge < -0.3 is 0 Å². The van der Waals surface area contributed by atoms with Gasteiger partial charge in [0.15, 0.2) is 0 Å². The number of hydrogen-bond donors (Lipinski definition) is 0. The summed E-state index contributed by atoms with van der Waals surface area (Å²) in [4.78, 5) is 0. The lowest BCUT2D eigenvalue weighted by molar-refractivity contribution is 1.50. The molecule has 0 saturated heterocycles. The standard InChI is InChI=1S/C18H18.C2H6/c1-5-7-12-15(3)16(4)18(11-6-2)17-13-9-8-10-14-17;1-2/h5-14H,1-4H2;1-2H3/b12-7-,18-11+;. The van der Waals surface area contributed by atoms with Crippen molar-refractivity contribution < 1.29 is 0 Å². The van der Waals surface area contributed by atoms with Crippen molar-refractivity contribution in [3.05, 3.63) is 104 Å². The Morgan fingerprint density at radius 3 is 2.05 bits per heavy atom. The molecule has 0 unspecified atom stereocenters. The summed E-state index contributed by atoms with van der Waals surface area (Å²) >= 11 is 0. The molecule has 0 fully saturated rings. The van der Waals surface area contributed by atoms with Gasteiger partial charge in [0.05, 0.1) is 0 Å². The zero-order valence-electron chi connectivity index (χ0n) is 12.6. The van der Waals surface area contributed by atoms with Gasteiger partial charge in [0, 0.05) is 0 Å². The molecule has 1 rings (SSSR count). The van der Waals surface area contributed by atoms with E-state index in [1.54, 1.807) is 12.2 Å². The van der Waals surface area contributed by atoms with Crippen LogP contribution in [0, 0.1) is 0 Å². The van der Waals surface area contributed by atoms with E-state index in [-0.39, 0.29) is 0 Å². The third-order valence-electron chi connectivity index (χ3n) is 2.52. The minimum atomic E-state index is 0.867. The van der Waals surface area contributed by atoms with Gasteiger partial charge in [-0.05, 0) is 22.3 Å². The van der Waals surface area contributed by atoms with E-state index in [1.807, 2.05) is 62.4 Å². The average molecular weight is 264 g/mol. The Bertz CT molecular complexity index is 510. The quantitative estimate of drug-likeness (QED) is 0.542. The first-order valence-corrected chi connectivity index (χ1v) is 6.76. The monoisotopic (exact) mass is 264 g/mol. The second kappa shape index (κ2) is 10.6. The normalized spacial score (nSPS) is 10.4. The van der Waals surface area contributed by atoms with E-state index in [2.05, 4.69) is 26.3 Å². The van der Waals surface area contributed by atoms with Crippen LogP contribution in [-0.4, -0.2) is 0 Å². The van der Waals surface area contributed by atoms with Gasteiger partial charge in [0.25, 0.3) is 0 Å². The maximum absolute atomic E-state index is 4.10. The highest BCUT2D eigenvalue weighted by atomic mass is 14.1. The Hall–Kier alpha value is -2.34. The highest BCUT2D eigenvalue weighted by Crippen LogP contribution is 2.27. The van der Waals surface area contributed by atoms with Gasteiger partial charge in [0.1, 0.15) is 0 Å². The number of allylic oxidation sites excluding steroid dienone is 8. The summed E-state index contributed by atoms with van der Waals surface area (Å²) in [6, 6.07) is 10.1. The van der Waals surface area contributed by atoms with Crippen molar-refractivity contribution in [2.24, 2.45) is 0 Å². The van der Waals surface area contributed by atoms with E-state index in [0.29, 0.717) is 0 Å². The fourth-order valence-electron chi connectivity index (χ4n) is 1.56. The third-order valence-corrected chi connectivity index (χ3v) is 2.52. The molecular formula is C20H24. The Balaban J connectivity index is 0.00000172. The summed E-state index contributed by atoms with van der Waals surface area (Å²) in [6.07, 6.45) is 9.18. The van der Waals surface area contributed by atoms with E-state index in [4.69, 9.17) is 0 Å². The summed E-state index contributed by atoms with van der Waals surface area (Å²) < 4.78 is 0. The first-order chi connectivity index (χ1) is 9.70. The zero-order chi connectivity index (χ0) is 15.4. The van der Waals surface area contributed by atoms with Gasteiger partial charge in [-0.2, -0.15) is 0 Å². The highest BCUT2D eigenvalue weighted by molar-refractivity contribution is 5.84. The number of rotatable bonds is 6. The predicted molar refractivity (Wildman–Crippen MR) is 93.6 cm³/mol. The van der Waals surface area contributed by atoms with Gasteiger partial charge in [-0.3, -0.25) is 0 Å². The van der Waals surface area contributed by atoms with Crippen molar-refractivity contribution in [3.63, 3.8) is 0 Å². The topological polar surface area (TPSA) is 0 Å². The Labute approximate surface area is 123 Å². The van der Waals surface area contributed by atoms with Crippen molar-refractivity contribution in [1.82, 2.24) is 0 Å². The molecule has 0 aliphatic heterocycles. The number of benzene rings is 1. The van der Waals surface area contributed by atoms with Crippen LogP contribution in [0.15, 0.2) is 98.2 Å². The molecule has 0 aliphatic carbocycles. The average Bonchev–Trinajstić information content (AvgIpc) is 2.52. The molecule has 0 spiro atoms. The van der Waals surface area contributed by atoms with Crippen molar-refractivity contribution in [2.45, 2.75) is 13.8 Å². The summed E-state index contributed by atoms with van der Waals surface area (Å²) in [6.45, 7) is 19.5. The zero-order valence-corrected chi connectivity index (χ0v) is 12.6. The fourth-order valence-corrected chi connectivity index (χ4v) is 1.56. The Morgan fingerprint density at radius 2 is 1.55 bits per heavy atom. The predicted octanol–water partition coefficient (Wildman–Crippen LogP) is 6.14. The van der Waals surface area contributed by atoms with Crippen LogP contribution in [0.25, 0.3) is 5.57 Å². The number of hydrogen-bond acceptors (Lipinski definition) is 0. The third kappa shape index (κ3) is 5.53. The van der Waals surface area contributed by atoms with Gasteiger partial charge in [-0.15, -0.1) is 0 Å². The van der Waals surface area contributed by atoms with Gasteiger partial charge >= 0.3 is 0 Å². The minimum absolute atomic E-state index is 0.867. The maximum Gasteiger partial charge on any atom is -0.0112 e. The van der Waals surface area contributed by atoms with E-state index < -0.39 is 0 Å². The first-order valence-electron chi connectivity index (χ1n) is 6.76. The minimum Gasteiger partial charge on any atom is -0.0991 e. The summed E-state index contributed by atoms with van der Waals surface area (Å²) in [5.41, 5.74) is 3.89. The van der Waals surface area contributed by atoms with E-state index in [9.17, 15) is 0 Å². The van der Waals surface area contributed by atoms with Crippen LogP contribution in [0.5, 0.6) is 0 Å². The van der Waals surface area contributed by atoms with Crippen LogP contribution < -0.4 is 0 Å². The molecule has 0 aliphatic rings. The van der Waals surface area contributed by atoms with Crippen LogP contribution in [0.3, 0.4) is 0 Å². The van der Waals surface area contributed by atoms with E-state index in [0.717, 1.165) is 22.3 Å². The largest absolute Gasteiger partial charge is 0.0991 e. The van der Waals surface area contributed by atoms with Gasteiger partial charge in [-0.1, -0.05) is 101 Å². The molecular weight excluding hydrogens is 240 g/mol. The maximum atomic E-state index is 4.10. The molecule has 20 heavy (non-hydrogen) atoms. The van der Waals surface area contributed by atoms with Crippen LogP contribution in [0.4, 0.5) is 0 Å². The lowest BCUT2D eigenvalue weighted by atomic mass is 9.93. The van der Waals surface area contributed by atoms with Crippen LogP contribution >= 0.6 is 0 Å². The molecule has 0 radical (unpaired) electrons. The summed E-state index contributed by atoms with van der Waals surface area (Å²) in [5, 5.41) is 0. The molecule has 104 valence electrons. The van der Waals surface area contributed by atoms with E-state index >= 15 is 0 Å². The molecule has 0 saturated carbocycles. The van der Waals surface area contributed by atoms with Crippen LogP contribution in [0.2, 0.25) is 0 Å². The molecule has 0 amide bonds. The molecule has 0 heteroatoms. The SMILES string of the molecule is C=C/C=C\C(=C)C(=C)/C(=C\C=C)c1ccccc1.CC. The van der Waals surface area contributed by atoms with Gasteiger partial charge in [-0.25, -0.2) is 0 Å². The second-order valence-electron chi connectivity index (χ2n) is 3.78. The molecule has 0 bridgehead atoms. The molecule has 0 N–H and O–H groups in total. The molecule has 1 aromatic rings. The first kappa shape index (κ1) is 17.7. The van der Waals surface area contributed by atoms with Gasteiger partial charge in [0.2, 0.25) is 0 Å². The summed E-state index contributed by atoms with van der Waals surface area (Å²) in [7, 11) is 0. The highest BCUT2D eigenvalue weighted by Gasteiger charge is 2.06. The van der Waals surface area contributed by atoms with Crippen molar-refractivity contribution in [2.75, 3.05) is 0 Å². The molecule has 0 heterocycles. The second-order valence-corrected chi connectivity index (χ2v) is 3.78. The Morgan fingerprint density at radius 1 is 0.950 bits per heavy atom.